The van der Waals surface area contributed by atoms with E-state index in [1.54, 1.807) is 0 Å². The SMILES string of the molecule is O=C(O)C1CSCN1C(=O)C1CCCO1. The van der Waals surface area contributed by atoms with Crippen LogP contribution in [0.15, 0.2) is 0 Å². The number of carboxylic acid groups (broad SMARTS) is 1. The lowest BCUT2D eigenvalue weighted by Gasteiger charge is -2.23. The number of amides is 1. The molecule has 0 aromatic rings. The second-order valence-corrected chi connectivity index (χ2v) is 4.66. The van der Waals surface area contributed by atoms with Crippen molar-refractivity contribution in [3.05, 3.63) is 0 Å². The van der Waals surface area contributed by atoms with Crippen molar-refractivity contribution >= 4 is 23.6 Å². The van der Waals surface area contributed by atoms with Crippen molar-refractivity contribution in [1.29, 1.82) is 0 Å². The topological polar surface area (TPSA) is 66.8 Å². The first kappa shape index (κ1) is 10.8. The predicted molar refractivity (Wildman–Crippen MR) is 54.6 cm³/mol. The van der Waals surface area contributed by atoms with Gasteiger partial charge in [-0.1, -0.05) is 0 Å². The molecule has 0 radical (unpaired) electrons. The molecular formula is C9H13NO4S. The minimum absolute atomic E-state index is 0.162. The summed E-state index contributed by atoms with van der Waals surface area (Å²) in [4.78, 5) is 24.2. The van der Waals surface area contributed by atoms with E-state index in [0.717, 1.165) is 6.42 Å². The average molecular weight is 231 g/mol. The lowest BCUT2D eigenvalue weighted by Crippen LogP contribution is -2.46. The van der Waals surface area contributed by atoms with Gasteiger partial charge in [-0.05, 0) is 12.8 Å². The monoisotopic (exact) mass is 231 g/mol. The van der Waals surface area contributed by atoms with Crippen molar-refractivity contribution in [2.24, 2.45) is 0 Å². The van der Waals surface area contributed by atoms with Crippen LogP contribution in [-0.2, 0) is 14.3 Å². The third kappa shape index (κ3) is 2.10. The highest BCUT2D eigenvalue weighted by Crippen LogP contribution is 2.24. The minimum atomic E-state index is -0.925. The van der Waals surface area contributed by atoms with Gasteiger partial charge in [0.2, 0.25) is 0 Å². The first-order chi connectivity index (χ1) is 7.20. The van der Waals surface area contributed by atoms with Crippen molar-refractivity contribution < 1.29 is 19.4 Å². The molecule has 2 unspecified atom stereocenters. The van der Waals surface area contributed by atoms with Gasteiger partial charge in [-0.25, -0.2) is 4.79 Å². The third-order valence-corrected chi connectivity index (χ3v) is 3.67. The number of hydrogen-bond donors (Lipinski definition) is 1. The van der Waals surface area contributed by atoms with Gasteiger partial charge in [0.05, 0.1) is 5.88 Å². The van der Waals surface area contributed by atoms with Crippen LogP contribution in [0.25, 0.3) is 0 Å². The molecule has 0 aromatic heterocycles. The highest BCUT2D eigenvalue weighted by Gasteiger charge is 2.38. The molecule has 6 heteroatoms. The van der Waals surface area contributed by atoms with Crippen molar-refractivity contribution in [3.63, 3.8) is 0 Å². The summed E-state index contributed by atoms with van der Waals surface area (Å²) >= 11 is 1.47. The number of carbonyl (C=O) groups is 2. The number of thioether (sulfide) groups is 1. The maximum atomic E-state index is 11.9. The summed E-state index contributed by atoms with van der Waals surface area (Å²) < 4.78 is 5.26. The second kappa shape index (κ2) is 4.40. The Morgan fingerprint density at radius 1 is 1.47 bits per heavy atom. The summed E-state index contributed by atoms with van der Waals surface area (Å²) in [5.74, 6) is -0.139. The van der Waals surface area contributed by atoms with E-state index in [2.05, 4.69) is 0 Å². The van der Waals surface area contributed by atoms with Gasteiger partial charge in [0.15, 0.2) is 0 Å². The van der Waals surface area contributed by atoms with Gasteiger partial charge in [0.1, 0.15) is 12.1 Å². The normalized spacial score (nSPS) is 30.8. The fourth-order valence-corrected chi connectivity index (χ4v) is 2.98. The van der Waals surface area contributed by atoms with Gasteiger partial charge in [-0.3, -0.25) is 4.79 Å². The lowest BCUT2D eigenvalue weighted by atomic mass is 10.2. The van der Waals surface area contributed by atoms with Gasteiger partial charge in [-0.2, -0.15) is 0 Å². The Hall–Kier alpha value is -0.750. The molecule has 2 aliphatic rings. The van der Waals surface area contributed by atoms with E-state index in [9.17, 15) is 9.59 Å². The quantitative estimate of drug-likeness (QED) is 0.733. The van der Waals surface area contributed by atoms with Crippen LogP contribution in [0.5, 0.6) is 0 Å². The van der Waals surface area contributed by atoms with E-state index in [-0.39, 0.29) is 5.91 Å². The fourth-order valence-electron chi connectivity index (χ4n) is 1.82. The molecule has 0 bridgehead atoms. The van der Waals surface area contributed by atoms with Crippen LogP contribution < -0.4 is 0 Å². The highest BCUT2D eigenvalue weighted by molar-refractivity contribution is 7.99. The number of hydrogen-bond acceptors (Lipinski definition) is 4. The Morgan fingerprint density at radius 3 is 2.87 bits per heavy atom. The Kier molecular flexibility index (Phi) is 3.16. The summed E-state index contributed by atoms with van der Waals surface area (Å²) in [7, 11) is 0. The van der Waals surface area contributed by atoms with Crippen LogP contribution in [0.3, 0.4) is 0 Å². The Bertz CT molecular complexity index is 277. The summed E-state index contributed by atoms with van der Waals surface area (Å²) in [6.45, 7) is 0.606. The lowest BCUT2D eigenvalue weighted by molar-refractivity contribution is -0.151. The summed E-state index contributed by atoms with van der Waals surface area (Å²) in [6, 6.07) is -0.674. The molecule has 0 aromatic carbocycles. The zero-order valence-electron chi connectivity index (χ0n) is 8.22. The van der Waals surface area contributed by atoms with Crippen LogP contribution >= 0.6 is 11.8 Å². The average Bonchev–Trinajstić information content (AvgIpc) is 2.88. The van der Waals surface area contributed by atoms with Gasteiger partial charge in [0, 0.05) is 12.4 Å². The van der Waals surface area contributed by atoms with E-state index in [4.69, 9.17) is 9.84 Å². The second-order valence-electron chi connectivity index (χ2n) is 3.66. The molecule has 0 spiro atoms. The molecule has 5 nitrogen and oxygen atoms in total. The van der Waals surface area contributed by atoms with Crippen molar-refractivity contribution in [2.45, 2.75) is 25.0 Å². The van der Waals surface area contributed by atoms with Crippen LogP contribution in [0.2, 0.25) is 0 Å². The van der Waals surface area contributed by atoms with E-state index < -0.39 is 18.1 Å². The molecule has 0 saturated carbocycles. The van der Waals surface area contributed by atoms with Crippen LogP contribution in [0.1, 0.15) is 12.8 Å². The molecule has 2 fully saturated rings. The zero-order valence-corrected chi connectivity index (χ0v) is 9.03. The molecule has 1 amide bonds. The Labute approximate surface area is 91.8 Å². The predicted octanol–water partition coefficient (Wildman–Crippen LogP) is 0.151. The maximum Gasteiger partial charge on any atom is 0.327 e. The molecule has 2 saturated heterocycles. The molecule has 15 heavy (non-hydrogen) atoms. The van der Waals surface area contributed by atoms with E-state index >= 15 is 0 Å². The van der Waals surface area contributed by atoms with Crippen LogP contribution in [0.4, 0.5) is 0 Å². The molecular weight excluding hydrogens is 218 g/mol. The standard InChI is InChI=1S/C9H13NO4S/c11-8(7-2-1-3-14-7)10-5-15-4-6(10)9(12)13/h6-7H,1-5H2,(H,12,13). The zero-order chi connectivity index (χ0) is 10.8. The summed E-state index contributed by atoms with van der Waals surface area (Å²) in [5.41, 5.74) is 0. The summed E-state index contributed by atoms with van der Waals surface area (Å²) in [6.07, 6.45) is 1.19. The minimum Gasteiger partial charge on any atom is -0.480 e. The summed E-state index contributed by atoms with van der Waals surface area (Å²) in [5, 5.41) is 8.93. The largest absolute Gasteiger partial charge is 0.480 e. The Balaban J connectivity index is 2.02. The van der Waals surface area contributed by atoms with Gasteiger partial charge in [-0.15, -0.1) is 11.8 Å². The van der Waals surface area contributed by atoms with Gasteiger partial charge < -0.3 is 14.7 Å². The number of nitrogens with zero attached hydrogens (tertiary/aromatic N) is 1. The van der Waals surface area contributed by atoms with Crippen LogP contribution in [0, 0.1) is 0 Å². The third-order valence-electron chi connectivity index (χ3n) is 2.66. The smallest absolute Gasteiger partial charge is 0.327 e. The van der Waals surface area contributed by atoms with Gasteiger partial charge >= 0.3 is 5.97 Å². The van der Waals surface area contributed by atoms with E-state index in [1.807, 2.05) is 0 Å². The molecule has 1 N–H and O–H groups in total. The number of rotatable bonds is 2. The molecule has 84 valence electrons. The maximum absolute atomic E-state index is 11.9. The van der Waals surface area contributed by atoms with Gasteiger partial charge in [0.25, 0.3) is 5.91 Å². The van der Waals surface area contributed by atoms with Crippen molar-refractivity contribution in [3.8, 4) is 0 Å². The first-order valence-electron chi connectivity index (χ1n) is 4.93. The number of carboxylic acids is 1. The number of carbonyl (C=O) groups excluding carboxylic acids is 1. The number of ether oxygens (including phenoxy) is 1. The van der Waals surface area contributed by atoms with Crippen molar-refractivity contribution in [1.82, 2.24) is 4.90 Å². The van der Waals surface area contributed by atoms with E-state index in [0.29, 0.717) is 24.7 Å². The molecule has 2 aliphatic heterocycles. The van der Waals surface area contributed by atoms with Crippen LogP contribution in [-0.4, -0.2) is 52.3 Å². The first-order valence-corrected chi connectivity index (χ1v) is 6.08. The van der Waals surface area contributed by atoms with Crippen molar-refractivity contribution in [2.75, 3.05) is 18.2 Å². The fraction of sp³-hybridized carbons (Fsp3) is 0.778. The number of aliphatic carboxylic acids is 1. The highest BCUT2D eigenvalue weighted by atomic mass is 32.2. The Morgan fingerprint density at radius 2 is 2.27 bits per heavy atom. The molecule has 0 aliphatic carbocycles. The molecule has 2 rings (SSSR count). The molecule has 2 heterocycles. The van der Waals surface area contributed by atoms with E-state index in [1.165, 1.54) is 16.7 Å². The molecule has 2 atom stereocenters.